The number of halogens is 1. The van der Waals surface area contributed by atoms with Crippen LogP contribution in [0.3, 0.4) is 0 Å². The van der Waals surface area contributed by atoms with E-state index in [1.165, 1.54) is 19.0 Å². The summed E-state index contributed by atoms with van der Waals surface area (Å²) in [7, 11) is 0. The van der Waals surface area contributed by atoms with Gasteiger partial charge >= 0.3 is 0 Å². The molecule has 0 aliphatic heterocycles. The van der Waals surface area contributed by atoms with Crippen molar-refractivity contribution >= 4 is 17.5 Å². The number of hydrogen-bond acceptors (Lipinski definition) is 2. The van der Waals surface area contributed by atoms with Gasteiger partial charge in [-0.25, -0.2) is 0 Å². The van der Waals surface area contributed by atoms with Gasteiger partial charge in [-0.05, 0) is 24.8 Å². The zero-order valence-electron chi connectivity index (χ0n) is 9.24. The van der Waals surface area contributed by atoms with E-state index in [4.69, 9.17) is 11.6 Å². The van der Waals surface area contributed by atoms with E-state index in [0.29, 0.717) is 22.5 Å². The van der Waals surface area contributed by atoms with Gasteiger partial charge in [0.25, 0.3) is 5.91 Å². The molecule has 86 valence electrons. The number of amides is 1. The lowest BCUT2D eigenvalue weighted by molar-refractivity contribution is 0.0948. The summed E-state index contributed by atoms with van der Waals surface area (Å²) in [6.45, 7) is 2.16. The molecule has 1 aliphatic carbocycles. The number of aromatic nitrogens is 1. The minimum absolute atomic E-state index is 0.110. The fraction of sp³-hybridized carbons (Fsp3) is 0.500. The maximum Gasteiger partial charge on any atom is 0.254 e. The Hall–Kier alpha value is -1.09. The highest BCUT2D eigenvalue weighted by Gasteiger charge is 2.37. The van der Waals surface area contributed by atoms with Gasteiger partial charge in [0.2, 0.25) is 0 Å². The smallest absolute Gasteiger partial charge is 0.254 e. The summed E-state index contributed by atoms with van der Waals surface area (Å²) in [5.41, 5.74) is 0.464. The zero-order chi connectivity index (χ0) is 11.5. The summed E-state index contributed by atoms with van der Waals surface area (Å²) < 4.78 is 0. The molecular formula is C12H15ClN2O. The van der Waals surface area contributed by atoms with Crippen LogP contribution in [0.1, 0.15) is 36.5 Å². The largest absolute Gasteiger partial charge is 0.349 e. The number of nitrogens with one attached hydrogen (secondary N) is 1. The van der Waals surface area contributed by atoms with Gasteiger partial charge in [-0.2, -0.15) is 0 Å². The maximum absolute atomic E-state index is 11.8. The molecular weight excluding hydrogens is 224 g/mol. The molecule has 0 bridgehead atoms. The van der Waals surface area contributed by atoms with E-state index in [1.54, 1.807) is 12.3 Å². The van der Waals surface area contributed by atoms with Crippen molar-refractivity contribution in [3.8, 4) is 0 Å². The minimum Gasteiger partial charge on any atom is -0.349 e. The van der Waals surface area contributed by atoms with Crippen molar-refractivity contribution in [3.05, 3.63) is 29.0 Å². The second-order valence-corrected chi connectivity index (χ2v) is 4.63. The summed E-state index contributed by atoms with van der Waals surface area (Å²) >= 11 is 5.92. The lowest BCUT2D eigenvalue weighted by Crippen LogP contribution is -2.27. The molecule has 1 aromatic heterocycles. The molecule has 1 saturated carbocycles. The van der Waals surface area contributed by atoms with Crippen LogP contribution < -0.4 is 5.32 Å². The Morgan fingerprint density at radius 2 is 2.50 bits per heavy atom. The van der Waals surface area contributed by atoms with Crippen LogP contribution in [-0.4, -0.2) is 16.9 Å². The summed E-state index contributed by atoms with van der Waals surface area (Å²) in [6.07, 6.45) is 6.54. The Morgan fingerprint density at radius 1 is 1.69 bits per heavy atom. The fourth-order valence-electron chi connectivity index (χ4n) is 1.90. The van der Waals surface area contributed by atoms with Crippen LogP contribution >= 0.6 is 11.6 Å². The van der Waals surface area contributed by atoms with Crippen LogP contribution in [0.2, 0.25) is 5.02 Å². The van der Waals surface area contributed by atoms with Crippen LogP contribution in [0.25, 0.3) is 0 Å². The van der Waals surface area contributed by atoms with Crippen molar-refractivity contribution in [3.63, 3.8) is 0 Å². The monoisotopic (exact) mass is 238 g/mol. The van der Waals surface area contributed by atoms with E-state index in [1.807, 2.05) is 0 Å². The quantitative estimate of drug-likeness (QED) is 0.876. The van der Waals surface area contributed by atoms with Gasteiger partial charge in [0.15, 0.2) is 0 Å². The third-order valence-corrected chi connectivity index (χ3v) is 3.24. The van der Waals surface area contributed by atoms with E-state index in [-0.39, 0.29) is 5.91 Å². The Balaban J connectivity index is 1.92. The molecule has 0 saturated heterocycles. The van der Waals surface area contributed by atoms with Gasteiger partial charge in [-0.3, -0.25) is 9.78 Å². The highest BCUT2D eigenvalue weighted by molar-refractivity contribution is 6.33. The first-order valence-electron chi connectivity index (χ1n) is 5.62. The number of carbonyl (C=O) groups is 1. The van der Waals surface area contributed by atoms with Crippen molar-refractivity contribution in [2.75, 3.05) is 0 Å². The molecule has 2 atom stereocenters. The molecule has 1 fully saturated rings. The van der Waals surface area contributed by atoms with Crippen LogP contribution in [0.5, 0.6) is 0 Å². The molecule has 4 heteroatoms. The summed E-state index contributed by atoms with van der Waals surface area (Å²) in [4.78, 5) is 15.7. The number of rotatable bonds is 4. The first-order valence-corrected chi connectivity index (χ1v) is 6.00. The molecule has 1 amide bonds. The second-order valence-electron chi connectivity index (χ2n) is 4.22. The average Bonchev–Trinajstić information content (AvgIpc) is 2.97. The molecule has 1 heterocycles. The molecule has 2 rings (SSSR count). The SMILES string of the molecule is CCCC1CC1NC(=O)c1cnccc1Cl. The van der Waals surface area contributed by atoms with Crippen molar-refractivity contribution in [1.82, 2.24) is 10.3 Å². The molecule has 0 radical (unpaired) electrons. The summed E-state index contributed by atoms with van der Waals surface area (Å²) in [6, 6.07) is 1.97. The van der Waals surface area contributed by atoms with Crippen molar-refractivity contribution < 1.29 is 4.79 Å². The zero-order valence-corrected chi connectivity index (χ0v) is 10.00. The van der Waals surface area contributed by atoms with Gasteiger partial charge < -0.3 is 5.32 Å². The lowest BCUT2D eigenvalue weighted by Gasteiger charge is -2.05. The predicted octanol–water partition coefficient (Wildman–Crippen LogP) is 2.65. The molecule has 0 spiro atoms. The standard InChI is InChI=1S/C12H15ClN2O/c1-2-3-8-6-11(8)15-12(16)9-7-14-5-4-10(9)13/h4-5,7-8,11H,2-3,6H2,1H3,(H,15,16). The number of hydrogen-bond donors (Lipinski definition) is 1. The summed E-state index contributed by atoms with van der Waals surface area (Å²) in [5, 5.41) is 3.44. The molecule has 0 aromatic carbocycles. The van der Waals surface area contributed by atoms with Gasteiger partial charge in [0.05, 0.1) is 10.6 Å². The number of nitrogens with zero attached hydrogens (tertiary/aromatic N) is 1. The number of carbonyl (C=O) groups excluding carboxylic acids is 1. The number of pyridine rings is 1. The van der Waals surface area contributed by atoms with E-state index in [9.17, 15) is 4.79 Å². The molecule has 1 N–H and O–H groups in total. The van der Waals surface area contributed by atoms with Crippen molar-refractivity contribution in [2.45, 2.75) is 32.2 Å². The highest BCUT2D eigenvalue weighted by atomic mass is 35.5. The van der Waals surface area contributed by atoms with Gasteiger partial charge in [-0.15, -0.1) is 0 Å². The lowest BCUT2D eigenvalue weighted by atomic mass is 10.2. The highest BCUT2D eigenvalue weighted by Crippen LogP contribution is 2.34. The maximum atomic E-state index is 11.8. The molecule has 16 heavy (non-hydrogen) atoms. The molecule has 1 aliphatic rings. The van der Waals surface area contributed by atoms with Crippen molar-refractivity contribution in [2.24, 2.45) is 5.92 Å². The van der Waals surface area contributed by atoms with E-state index >= 15 is 0 Å². The van der Waals surface area contributed by atoms with E-state index in [2.05, 4.69) is 17.2 Å². The van der Waals surface area contributed by atoms with E-state index in [0.717, 1.165) is 6.42 Å². The molecule has 3 nitrogen and oxygen atoms in total. The Labute approximate surface area is 100 Å². The molecule has 2 unspecified atom stereocenters. The van der Waals surface area contributed by atoms with Crippen LogP contribution in [0, 0.1) is 5.92 Å². The minimum atomic E-state index is -0.110. The normalized spacial score (nSPS) is 22.9. The van der Waals surface area contributed by atoms with Crippen LogP contribution in [-0.2, 0) is 0 Å². The second kappa shape index (κ2) is 4.83. The average molecular weight is 239 g/mol. The van der Waals surface area contributed by atoms with E-state index < -0.39 is 0 Å². The third kappa shape index (κ3) is 2.53. The first kappa shape index (κ1) is 11.4. The third-order valence-electron chi connectivity index (χ3n) is 2.91. The van der Waals surface area contributed by atoms with Crippen LogP contribution in [0.4, 0.5) is 0 Å². The van der Waals surface area contributed by atoms with Gasteiger partial charge in [0, 0.05) is 18.4 Å². The Morgan fingerprint density at radius 3 is 3.19 bits per heavy atom. The van der Waals surface area contributed by atoms with Gasteiger partial charge in [0.1, 0.15) is 0 Å². The topological polar surface area (TPSA) is 42.0 Å². The van der Waals surface area contributed by atoms with Gasteiger partial charge in [-0.1, -0.05) is 24.9 Å². The fourth-order valence-corrected chi connectivity index (χ4v) is 2.10. The van der Waals surface area contributed by atoms with Crippen molar-refractivity contribution in [1.29, 1.82) is 0 Å². The first-order chi connectivity index (χ1) is 7.72. The predicted molar refractivity (Wildman–Crippen MR) is 63.5 cm³/mol. The summed E-state index contributed by atoms with van der Waals surface area (Å²) in [5.74, 6) is 0.547. The Bertz CT molecular complexity index is 394. The Kier molecular flexibility index (Phi) is 3.44. The van der Waals surface area contributed by atoms with Crippen LogP contribution in [0.15, 0.2) is 18.5 Å². The molecule has 1 aromatic rings.